The third-order valence-corrected chi connectivity index (χ3v) is 5.91. The molecule has 0 radical (unpaired) electrons. The van der Waals surface area contributed by atoms with Gasteiger partial charge in [-0.15, -0.1) is 0 Å². The van der Waals surface area contributed by atoms with Crippen molar-refractivity contribution in [1.82, 2.24) is 0 Å². The second-order valence-electron chi connectivity index (χ2n) is 6.06. The molecule has 1 amide bonds. The van der Waals surface area contributed by atoms with Gasteiger partial charge in [0.15, 0.2) is 0 Å². The van der Waals surface area contributed by atoms with Crippen LogP contribution in [0.3, 0.4) is 0 Å². The summed E-state index contributed by atoms with van der Waals surface area (Å²) in [5, 5.41) is 2.81. The molecule has 0 saturated carbocycles. The van der Waals surface area contributed by atoms with E-state index in [0.717, 1.165) is 18.2 Å². The Labute approximate surface area is 182 Å². The number of amides is 1. The molecule has 3 aromatic carbocycles. The molecule has 0 spiro atoms. The number of carbonyl (C=O) groups is 1. The van der Waals surface area contributed by atoms with Crippen LogP contribution in [0.1, 0.15) is 10.4 Å². The van der Waals surface area contributed by atoms with Gasteiger partial charge in [0.2, 0.25) is 0 Å². The summed E-state index contributed by atoms with van der Waals surface area (Å²) in [6, 6.07) is 13.6. The lowest BCUT2D eigenvalue weighted by Gasteiger charge is -2.11. The number of halogens is 3. The van der Waals surface area contributed by atoms with E-state index in [-0.39, 0.29) is 21.2 Å². The van der Waals surface area contributed by atoms with Crippen LogP contribution in [-0.4, -0.2) is 21.4 Å². The van der Waals surface area contributed by atoms with Gasteiger partial charge in [0, 0.05) is 16.3 Å². The molecule has 156 valence electrons. The van der Waals surface area contributed by atoms with Crippen LogP contribution in [0.4, 0.5) is 15.8 Å². The van der Waals surface area contributed by atoms with Crippen LogP contribution < -0.4 is 14.8 Å². The molecule has 30 heavy (non-hydrogen) atoms. The second-order valence-corrected chi connectivity index (χ2v) is 8.58. The minimum atomic E-state index is -3.98. The van der Waals surface area contributed by atoms with Gasteiger partial charge in [0.05, 0.1) is 22.7 Å². The third kappa shape index (κ3) is 5.02. The highest BCUT2D eigenvalue weighted by Gasteiger charge is 2.17. The zero-order valence-electron chi connectivity index (χ0n) is 15.4. The van der Waals surface area contributed by atoms with Gasteiger partial charge in [-0.25, -0.2) is 12.8 Å². The van der Waals surface area contributed by atoms with Crippen LogP contribution in [0.5, 0.6) is 5.75 Å². The topological polar surface area (TPSA) is 84.5 Å². The van der Waals surface area contributed by atoms with Crippen molar-refractivity contribution in [3.63, 3.8) is 0 Å². The summed E-state index contributed by atoms with van der Waals surface area (Å²) in [7, 11) is -2.51. The van der Waals surface area contributed by atoms with Crippen LogP contribution in [0.2, 0.25) is 10.0 Å². The highest BCUT2D eigenvalue weighted by atomic mass is 35.5. The van der Waals surface area contributed by atoms with Crippen molar-refractivity contribution >= 4 is 50.5 Å². The molecular formula is C20H15Cl2FN2O4S. The van der Waals surface area contributed by atoms with Gasteiger partial charge < -0.3 is 10.1 Å². The van der Waals surface area contributed by atoms with Crippen LogP contribution >= 0.6 is 23.2 Å². The summed E-state index contributed by atoms with van der Waals surface area (Å²) >= 11 is 11.6. The zero-order valence-corrected chi connectivity index (χ0v) is 17.8. The molecule has 2 N–H and O–H groups in total. The average Bonchev–Trinajstić information content (AvgIpc) is 2.70. The lowest BCUT2D eigenvalue weighted by Crippen LogP contribution is -2.14. The summed E-state index contributed by atoms with van der Waals surface area (Å²) in [4.78, 5) is 12.3. The first-order valence-corrected chi connectivity index (χ1v) is 10.7. The zero-order chi connectivity index (χ0) is 21.9. The van der Waals surface area contributed by atoms with E-state index in [9.17, 15) is 17.6 Å². The Morgan fingerprint density at radius 1 is 1.00 bits per heavy atom. The van der Waals surface area contributed by atoms with Crippen molar-refractivity contribution in [2.24, 2.45) is 0 Å². The summed E-state index contributed by atoms with van der Waals surface area (Å²) in [5.74, 6) is -0.715. The molecule has 3 aromatic rings. The number of benzene rings is 3. The highest BCUT2D eigenvalue weighted by Crippen LogP contribution is 2.28. The number of hydrogen-bond acceptors (Lipinski definition) is 4. The van der Waals surface area contributed by atoms with Gasteiger partial charge in [0.1, 0.15) is 11.6 Å². The van der Waals surface area contributed by atoms with Crippen LogP contribution in [0, 0.1) is 5.82 Å². The maximum absolute atomic E-state index is 13.3. The van der Waals surface area contributed by atoms with Crippen LogP contribution in [0.25, 0.3) is 0 Å². The van der Waals surface area contributed by atoms with Crippen molar-refractivity contribution in [3.8, 4) is 5.75 Å². The minimum Gasteiger partial charge on any atom is -0.495 e. The molecular weight excluding hydrogens is 454 g/mol. The summed E-state index contributed by atoms with van der Waals surface area (Å²) in [6.45, 7) is 0. The summed E-state index contributed by atoms with van der Waals surface area (Å²) in [5.41, 5.74) is 0.894. The molecule has 0 atom stereocenters. The molecule has 0 saturated heterocycles. The van der Waals surface area contributed by atoms with Gasteiger partial charge in [0.25, 0.3) is 15.9 Å². The molecule has 3 rings (SSSR count). The predicted molar refractivity (Wildman–Crippen MR) is 115 cm³/mol. The lowest BCUT2D eigenvalue weighted by molar-refractivity contribution is 0.102. The Morgan fingerprint density at radius 2 is 1.70 bits per heavy atom. The maximum Gasteiger partial charge on any atom is 0.261 e. The number of sulfonamides is 1. The number of ether oxygens (including phenoxy) is 1. The molecule has 6 nitrogen and oxygen atoms in total. The molecule has 0 aromatic heterocycles. The Morgan fingerprint density at radius 3 is 2.33 bits per heavy atom. The summed E-state index contributed by atoms with van der Waals surface area (Å²) in [6.07, 6.45) is 0. The number of hydrogen-bond donors (Lipinski definition) is 2. The van der Waals surface area contributed by atoms with E-state index in [1.165, 1.54) is 31.4 Å². The number of rotatable bonds is 6. The Bertz CT molecular complexity index is 1200. The standard InChI is InChI=1S/C20H15Cl2FN2O4S/c1-29-19-9-4-13(21)10-18(19)24-20(26)12-2-5-14(6-3-12)25-30(27,28)15-7-8-17(23)16(22)11-15/h2-11,25H,1H3,(H,24,26). The molecule has 0 unspecified atom stereocenters. The third-order valence-electron chi connectivity index (χ3n) is 4.01. The number of anilines is 2. The van der Waals surface area contributed by atoms with Crippen LogP contribution in [-0.2, 0) is 10.0 Å². The highest BCUT2D eigenvalue weighted by molar-refractivity contribution is 7.92. The van der Waals surface area contributed by atoms with E-state index < -0.39 is 21.7 Å². The molecule has 0 aliphatic heterocycles. The van der Waals surface area contributed by atoms with E-state index in [1.807, 2.05) is 0 Å². The molecule has 0 heterocycles. The predicted octanol–water partition coefficient (Wildman–Crippen LogP) is 5.19. The summed E-state index contributed by atoms with van der Waals surface area (Å²) < 4.78 is 45.6. The monoisotopic (exact) mass is 468 g/mol. The van der Waals surface area contributed by atoms with E-state index in [2.05, 4.69) is 10.0 Å². The first-order valence-electron chi connectivity index (χ1n) is 8.42. The number of carbonyl (C=O) groups excluding carboxylic acids is 1. The number of nitrogens with one attached hydrogen (secondary N) is 2. The van der Waals surface area contributed by atoms with Gasteiger partial charge in [-0.05, 0) is 60.7 Å². The smallest absolute Gasteiger partial charge is 0.261 e. The van der Waals surface area contributed by atoms with Crippen molar-refractivity contribution < 1.29 is 22.3 Å². The van der Waals surface area contributed by atoms with Gasteiger partial charge in [-0.3, -0.25) is 9.52 Å². The quantitative estimate of drug-likeness (QED) is 0.520. The second kappa shape index (κ2) is 8.91. The van der Waals surface area contributed by atoms with Gasteiger partial charge in [-0.2, -0.15) is 0 Å². The molecule has 0 aliphatic rings. The van der Waals surface area contributed by atoms with E-state index >= 15 is 0 Å². The van der Waals surface area contributed by atoms with Crippen molar-refractivity contribution in [2.45, 2.75) is 4.90 Å². The number of methoxy groups -OCH3 is 1. The van der Waals surface area contributed by atoms with E-state index in [1.54, 1.807) is 18.2 Å². The molecule has 0 fully saturated rings. The van der Waals surface area contributed by atoms with Crippen molar-refractivity contribution in [1.29, 1.82) is 0 Å². The lowest BCUT2D eigenvalue weighted by atomic mass is 10.2. The van der Waals surface area contributed by atoms with E-state index in [4.69, 9.17) is 27.9 Å². The molecule has 0 bridgehead atoms. The largest absolute Gasteiger partial charge is 0.495 e. The van der Waals surface area contributed by atoms with Crippen LogP contribution in [0.15, 0.2) is 65.6 Å². The fraction of sp³-hybridized carbons (Fsp3) is 0.0500. The first-order chi connectivity index (χ1) is 14.2. The minimum absolute atomic E-state index is 0.191. The van der Waals surface area contributed by atoms with Gasteiger partial charge in [-0.1, -0.05) is 23.2 Å². The fourth-order valence-electron chi connectivity index (χ4n) is 2.52. The normalized spacial score (nSPS) is 11.1. The molecule has 10 heteroatoms. The Balaban J connectivity index is 1.75. The van der Waals surface area contributed by atoms with Crippen molar-refractivity contribution in [3.05, 3.63) is 82.1 Å². The fourth-order valence-corrected chi connectivity index (χ4v) is 4.02. The maximum atomic E-state index is 13.3. The Kier molecular flexibility index (Phi) is 6.50. The average molecular weight is 469 g/mol. The molecule has 0 aliphatic carbocycles. The van der Waals surface area contributed by atoms with E-state index in [0.29, 0.717) is 16.5 Å². The Hall–Kier alpha value is -2.81. The van der Waals surface area contributed by atoms with Gasteiger partial charge >= 0.3 is 0 Å². The SMILES string of the molecule is COc1ccc(Cl)cc1NC(=O)c1ccc(NS(=O)(=O)c2ccc(F)c(Cl)c2)cc1. The van der Waals surface area contributed by atoms with Crippen molar-refractivity contribution in [2.75, 3.05) is 17.1 Å². The first kappa shape index (κ1) is 21.9.